The Labute approximate surface area is 158 Å². The summed E-state index contributed by atoms with van der Waals surface area (Å²) in [6, 6.07) is 19.1. The average molecular weight is 353 g/mol. The van der Waals surface area contributed by atoms with E-state index >= 15 is 0 Å². The highest BCUT2D eigenvalue weighted by Crippen LogP contribution is 2.14. The highest BCUT2D eigenvalue weighted by Gasteiger charge is 2.07. The molecule has 0 aliphatic heterocycles. The molecule has 1 atom stereocenters. The molecule has 0 saturated carbocycles. The Morgan fingerprint density at radius 1 is 0.962 bits per heavy atom. The van der Waals surface area contributed by atoms with Crippen LogP contribution in [0.5, 0.6) is 0 Å². The van der Waals surface area contributed by atoms with Crippen molar-refractivity contribution >= 4 is 5.96 Å². The van der Waals surface area contributed by atoms with Crippen molar-refractivity contribution < 1.29 is 0 Å². The van der Waals surface area contributed by atoms with E-state index in [1.807, 2.05) is 0 Å². The van der Waals surface area contributed by atoms with Gasteiger partial charge < -0.3 is 15.5 Å². The van der Waals surface area contributed by atoms with Crippen LogP contribution in [0.1, 0.15) is 36.5 Å². The van der Waals surface area contributed by atoms with Crippen molar-refractivity contribution in [2.45, 2.75) is 32.9 Å². The molecule has 26 heavy (non-hydrogen) atoms. The summed E-state index contributed by atoms with van der Waals surface area (Å²) in [5.41, 5.74) is 3.94. The smallest absolute Gasteiger partial charge is 0.191 e. The van der Waals surface area contributed by atoms with E-state index < -0.39 is 0 Å². The van der Waals surface area contributed by atoms with Gasteiger partial charge in [0.15, 0.2) is 5.96 Å². The second kappa shape index (κ2) is 10.6. The Balaban J connectivity index is 2.00. The van der Waals surface area contributed by atoms with E-state index in [4.69, 9.17) is 4.99 Å². The molecular formula is C22H32N4. The number of rotatable bonds is 8. The standard InChI is InChI=1S/C22H32N4/c1-5-23-22(24-15-18(2)19-11-7-6-8-12-19)25-16-20-13-9-10-14-21(20)17-26(3)4/h6-14,18H,5,15-17H2,1-4H3,(H2,23,24,25). The molecule has 2 rings (SSSR count). The largest absolute Gasteiger partial charge is 0.357 e. The minimum atomic E-state index is 0.432. The zero-order valence-electron chi connectivity index (χ0n) is 16.5. The van der Waals surface area contributed by atoms with E-state index in [2.05, 4.69) is 98.1 Å². The van der Waals surface area contributed by atoms with Crippen LogP contribution >= 0.6 is 0 Å². The molecule has 0 spiro atoms. The lowest BCUT2D eigenvalue weighted by atomic mass is 10.0. The van der Waals surface area contributed by atoms with Gasteiger partial charge in [0.05, 0.1) is 6.54 Å². The fraction of sp³-hybridized carbons (Fsp3) is 0.409. The lowest BCUT2D eigenvalue weighted by molar-refractivity contribution is 0.401. The van der Waals surface area contributed by atoms with Crippen molar-refractivity contribution in [2.75, 3.05) is 27.2 Å². The molecule has 0 fully saturated rings. The van der Waals surface area contributed by atoms with Crippen LogP contribution in [0.4, 0.5) is 0 Å². The number of guanidine groups is 1. The summed E-state index contributed by atoms with van der Waals surface area (Å²) in [6.45, 7) is 7.65. The SMILES string of the molecule is CCNC(=NCc1ccccc1CN(C)C)NCC(C)c1ccccc1. The molecule has 0 aliphatic carbocycles. The van der Waals surface area contributed by atoms with Crippen LogP contribution in [-0.2, 0) is 13.1 Å². The third kappa shape index (κ3) is 6.52. The maximum absolute atomic E-state index is 4.79. The molecule has 2 aromatic carbocycles. The Kier molecular flexibility index (Phi) is 8.16. The third-order valence-corrected chi connectivity index (χ3v) is 4.30. The van der Waals surface area contributed by atoms with E-state index in [0.717, 1.165) is 25.6 Å². The first-order chi connectivity index (χ1) is 12.6. The van der Waals surface area contributed by atoms with Gasteiger partial charge >= 0.3 is 0 Å². The van der Waals surface area contributed by atoms with E-state index in [0.29, 0.717) is 12.5 Å². The topological polar surface area (TPSA) is 39.7 Å². The Bertz CT molecular complexity index is 680. The molecule has 0 heterocycles. The fourth-order valence-electron chi connectivity index (χ4n) is 2.86. The molecule has 0 saturated heterocycles. The second-order valence-corrected chi connectivity index (χ2v) is 6.89. The lowest BCUT2D eigenvalue weighted by Crippen LogP contribution is -2.39. The van der Waals surface area contributed by atoms with E-state index in [1.165, 1.54) is 16.7 Å². The molecule has 0 amide bonds. The van der Waals surface area contributed by atoms with Crippen molar-refractivity contribution in [3.63, 3.8) is 0 Å². The minimum Gasteiger partial charge on any atom is -0.357 e. The normalized spacial score (nSPS) is 12.9. The average Bonchev–Trinajstić information content (AvgIpc) is 2.65. The zero-order valence-corrected chi connectivity index (χ0v) is 16.5. The first kappa shape index (κ1) is 20.0. The van der Waals surface area contributed by atoms with Gasteiger partial charge in [-0.05, 0) is 43.6 Å². The minimum absolute atomic E-state index is 0.432. The van der Waals surface area contributed by atoms with E-state index in [-0.39, 0.29) is 0 Å². The van der Waals surface area contributed by atoms with Gasteiger partial charge in [-0.2, -0.15) is 0 Å². The summed E-state index contributed by atoms with van der Waals surface area (Å²) in [5.74, 6) is 1.30. The quantitative estimate of drug-likeness (QED) is 0.563. The molecule has 0 radical (unpaired) electrons. The Morgan fingerprint density at radius 2 is 1.62 bits per heavy atom. The van der Waals surface area contributed by atoms with Gasteiger partial charge in [0.25, 0.3) is 0 Å². The maximum Gasteiger partial charge on any atom is 0.191 e. The van der Waals surface area contributed by atoms with Crippen molar-refractivity contribution in [1.29, 1.82) is 0 Å². The number of hydrogen-bond donors (Lipinski definition) is 2. The highest BCUT2D eigenvalue weighted by molar-refractivity contribution is 5.79. The van der Waals surface area contributed by atoms with Crippen LogP contribution in [0, 0.1) is 0 Å². The highest BCUT2D eigenvalue weighted by atomic mass is 15.2. The van der Waals surface area contributed by atoms with Crippen molar-refractivity contribution in [2.24, 2.45) is 4.99 Å². The van der Waals surface area contributed by atoms with Crippen LogP contribution < -0.4 is 10.6 Å². The first-order valence-corrected chi connectivity index (χ1v) is 9.38. The summed E-state index contributed by atoms with van der Waals surface area (Å²) in [7, 11) is 4.19. The van der Waals surface area contributed by atoms with E-state index in [1.54, 1.807) is 0 Å². The summed E-state index contributed by atoms with van der Waals surface area (Å²) in [4.78, 5) is 6.98. The van der Waals surface area contributed by atoms with Crippen molar-refractivity contribution in [3.05, 3.63) is 71.3 Å². The number of aliphatic imine (C=N–C) groups is 1. The molecule has 0 bridgehead atoms. The molecule has 0 aliphatic rings. The summed E-state index contributed by atoms with van der Waals surface area (Å²) in [6.07, 6.45) is 0. The van der Waals surface area contributed by atoms with Crippen LogP contribution in [0.25, 0.3) is 0 Å². The van der Waals surface area contributed by atoms with Gasteiger partial charge in [-0.1, -0.05) is 61.5 Å². The van der Waals surface area contributed by atoms with E-state index in [9.17, 15) is 0 Å². The number of hydrogen-bond acceptors (Lipinski definition) is 2. The summed E-state index contributed by atoms with van der Waals surface area (Å²) >= 11 is 0. The van der Waals surface area contributed by atoms with Gasteiger partial charge in [-0.15, -0.1) is 0 Å². The Morgan fingerprint density at radius 3 is 2.27 bits per heavy atom. The number of nitrogens with zero attached hydrogens (tertiary/aromatic N) is 2. The molecule has 140 valence electrons. The molecule has 0 aromatic heterocycles. The van der Waals surface area contributed by atoms with Crippen LogP contribution in [0.15, 0.2) is 59.6 Å². The Hall–Kier alpha value is -2.33. The lowest BCUT2D eigenvalue weighted by Gasteiger charge is -2.17. The van der Waals surface area contributed by atoms with Crippen LogP contribution in [0.3, 0.4) is 0 Å². The van der Waals surface area contributed by atoms with Gasteiger partial charge in [-0.3, -0.25) is 0 Å². The molecule has 2 N–H and O–H groups in total. The predicted octanol–water partition coefficient (Wildman–Crippen LogP) is 3.61. The molecule has 4 nitrogen and oxygen atoms in total. The molecular weight excluding hydrogens is 320 g/mol. The van der Waals surface area contributed by atoms with Gasteiger partial charge in [-0.25, -0.2) is 4.99 Å². The fourth-order valence-corrected chi connectivity index (χ4v) is 2.86. The first-order valence-electron chi connectivity index (χ1n) is 9.38. The third-order valence-electron chi connectivity index (χ3n) is 4.30. The van der Waals surface area contributed by atoms with Gasteiger partial charge in [0, 0.05) is 19.6 Å². The predicted molar refractivity (Wildman–Crippen MR) is 112 cm³/mol. The zero-order chi connectivity index (χ0) is 18.8. The van der Waals surface area contributed by atoms with Crippen molar-refractivity contribution in [1.82, 2.24) is 15.5 Å². The van der Waals surface area contributed by atoms with Gasteiger partial charge in [0.1, 0.15) is 0 Å². The summed E-state index contributed by atoms with van der Waals surface area (Å²) in [5, 5.41) is 6.83. The van der Waals surface area contributed by atoms with Crippen molar-refractivity contribution in [3.8, 4) is 0 Å². The molecule has 2 aromatic rings. The molecule has 4 heteroatoms. The molecule has 1 unspecified atom stereocenters. The maximum atomic E-state index is 4.79. The summed E-state index contributed by atoms with van der Waals surface area (Å²) < 4.78 is 0. The number of nitrogens with one attached hydrogen (secondary N) is 2. The van der Waals surface area contributed by atoms with Gasteiger partial charge in [0.2, 0.25) is 0 Å². The van der Waals surface area contributed by atoms with Crippen LogP contribution in [0.2, 0.25) is 0 Å². The monoisotopic (exact) mass is 352 g/mol. The van der Waals surface area contributed by atoms with Crippen LogP contribution in [-0.4, -0.2) is 38.0 Å². The second-order valence-electron chi connectivity index (χ2n) is 6.89. The number of benzene rings is 2.